The fourth-order valence-corrected chi connectivity index (χ4v) is 3.14. The van der Waals surface area contributed by atoms with Gasteiger partial charge in [-0.1, -0.05) is 0 Å². The van der Waals surface area contributed by atoms with E-state index in [1.165, 1.54) is 7.11 Å². The zero-order valence-corrected chi connectivity index (χ0v) is 11.9. The molecule has 0 radical (unpaired) electrons. The molecule has 2 fully saturated rings. The Bertz CT molecular complexity index is 571. The van der Waals surface area contributed by atoms with Crippen LogP contribution in [0.5, 0.6) is 5.88 Å². The lowest BCUT2D eigenvalue weighted by atomic mass is 9.92. The number of carbonyl (C=O) groups is 2. The van der Waals surface area contributed by atoms with E-state index < -0.39 is 11.9 Å². The topological polar surface area (TPSA) is 79.7 Å². The number of ether oxygens (including phenoxy) is 1. The van der Waals surface area contributed by atoms with Crippen molar-refractivity contribution in [2.24, 2.45) is 17.8 Å². The van der Waals surface area contributed by atoms with Crippen LogP contribution >= 0.6 is 0 Å². The number of nitrogens with zero attached hydrogens (tertiary/aromatic N) is 2. The second-order valence-electron chi connectivity index (χ2n) is 5.72. The number of pyridine rings is 1. The molecular formula is C15H18N2O4. The highest BCUT2D eigenvalue weighted by Crippen LogP contribution is 2.44. The van der Waals surface area contributed by atoms with Crippen molar-refractivity contribution in [1.29, 1.82) is 0 Å². The highest BCUT2D eigenvalue weighted by atomic mass is 16.5. The third-order valence-corrected chi connectivity index (χ3v) is 4.39. The van der Waals surface area contributed by atoms with Gasteiger partial charge in [0.15, 0.2) is 0 Å². The molecule has 1 aromatic rings. The molecule has 1 N–H and O–H groups in total. The van der Waals surface area contributed by atoms with Crippen molar-refractivity contribution in [2.45, 2.75) is 12.8 Å². The second kappa shape index (κ2) is 5.35. The van der Waals surface area contributed by atoms with Crippen LogP contribution in [-0.4, -0.2) is 47.1 Å². The van der Waals surface area contributed by atoms with E-state index in [2.05, 4.69) is 4.98 Å². The summed E-state index contributed by atoms with van der Waals surface area (Å²) in [5.74, 6) is -0.642. The van der Waals surface area contributed by atoms with E-state index in [0.717, 1.165) is 12.8 Å². The van der Waals surface area contributed by atoms with Gasteiger partial charge in [-0.25, -0.2) is 4.98 Å². The lowest BCUT2D eigenvalue weighted by Crippen LogP contribution is -2.30. The Kier molecular flexibility index (Phi) is 3.53. The quantitative estimate of drug-likeness (QED) is 0.903. The van der Waals surface area contributed by atoms with E-state index in [-0.39, 0.29) is 24.2 Å². The Hall–Kier alpha value is -2.11. The molecule has 1 aliphatic carbocycles. The Morgan fingerprint density at radius 3 is 2.76 bits per heavy atom. The number of carbonyl (C=O) groups excluding carboxylic acids is 1. The first kappa shape index (κ1) is 13.9. The molecule has 1 aromatic heterocycles. The highest BCUT2D eigenvalue weighted by molar-refractivity contribution is 5.97. The molecule has 6 nitrogen and oxygen atoms in total. The minimum atomic E-state index is -0.805. The number of carboxylic acids is 1. The third-order valence-electron chi connectivity index (χ3n) is 4.39. The molecule has 6 heteroatoms. The number of methoxy groups -OCH3 is 1. The molecule has 3 rings (SSSR count). The first-order valence-corrected chi connectivity index (χ1v) is 7.13. The van der Waals surface area contributed by atoms with Crippen molar-refractivity contribution >= 4 is 11.9 Å². The molecule has 0 spiro atoms. The first-order valence-electron chi connectivity index (χ1n) is 7.13. The summed E-state index contributed by atoms with van der Waals surface area (Å²) in [6.07, 6.45) is 3.71. The average Bonchev–Trinajstić information content (AvgIpc) is 3.24. The lowest BCUT2D eigenvalue weighted by Gasteiger charge is -2.17. The maximum atomic E-state index is 12.6. The molecule has 2 atom stereocenters. The van der Waals surface area contributed by atoms with Gasteiger partial charge in [-0.2, -0.15) is 0 Å². The molecule has 1 saturated heterocycles. The number of likely N-dealkylation sites (tertiary alicyclic amines) is 1. The summed E-state index contributed by atoms with van der Waals surface area (Å²) in [6, 6.07) is 3.34. The zero-order valence-electron chi connectivity index (χ0n) is 11.9. The summed E-state index contributed by atoms with van der Waals surface area (Å²) in [6.45, 7) is 0.784. The van der Waals surface area contributed by atoms with E-state index in [4.69, 9.17) is 4.74 Å². The van der Waals surface area contributed by atoms with Crippen molar-refractivity contribution in [1.82, 2.24) is 9.88 Å². The van der Waals surface area contributed by atoms with E-state index in [1.54, 1.807) is 23.2 Å². The van der Waals surface area contributed by atoms with E-state index in [9.17, 15) is 14.7 Å². The van der Waals surface area contributed by atoms with E-state index in [1.807, 2.05) is 0 Å². The van der Waals surface area contributed by atoms with Gasteiger partial charge in [-0.05, 0) is 36.8 Å². The van der Waals surface area contributed by atoms with Crippen molar-refractivity contribution < 1.29 is 19.4 Å². The fourth-order valence-electron chi connectivity index (χ4n) is 3.14. The van der Waals surface area contributed by atoms with Crippen LogP contribution in [0.3, 0.4) is 0 Å². The van der Waals surface area contributed by atoms with Crippen molar-refractivity contribution in [3.63, 3.8) is 0 Å². The van der Waals surface area contributed by atoms with Crippen LogP contribution in [0.25, 0.3) is 0 Å². The van der Waals surface area contributed by atoms with Crippen LogP contribution in [0.4, 0.5) is 0 Å². The van der Waals surface area contributed by atoms with Gasteiger partial charge in [0.1, 0.15) is 5.56 Å². The minimum absolute atomic E-state index is 0.0779. The summed E-state index contributed by atoms with van der Waals surface area (Å²) in [7, 11) is 1.47. The molecule has 0 bridgehead atoms. The third kappa shape index (κ3) is 2.57. The molecule has 1 saturated carbocycles. The molecular weight excluding hydrogens is 272 g/mol. The molecule has 21 heavy (non-hydrogen) atoms. The fraction of sp³-hybridized carbons (Fsp3) is 0.533. The van der Waals surface area contributed by atoms with E-state index in [0.29, 0.717) is 18.0 Å². The molecule has 1 amide bonds. The van der Waals surface area contributed by atoms with Gasteiger partial charge in [0.2, 0.25) is 5.88 Å². The van der Waals surface area contributed by atoms with Gasteiger partial charge in [0.25, 0.3) is 5.91 Å². The van der Waals surface area contributed by atoms with Gasteiger partial charge in [-0.15, -0.1) is 0 Å². The van der Waals surface area contributed by atoms with Crippen LogP contribution in [0.15, 0.2) is 18.3 Å². The number of amides is 1. The molecule has 2 heterocycles. The molecule has 0 aromatic carbocycles. The summed E-state index contributed by atoms with van der Waals surface area (Å²) in [5, 5.41) is 9.36. The number of hydrogen-bond donors (Lipinski definition) is 1. The van der Waals surface area contributed by atoms with Gasteiger partial charge in [0.05, 0.1) is 13.0 Å². The summed E-state index contributed by atoms with van der Waals surface area (Å²) < 4.78 is 5.11. The predicted molar refractivity (Wildman–Crippen MR) is 74.0 cm³/mol. The number of hydrogen-bond acceptors (Lipinski definition) is 4. The van der Waals surface area contributed by atoms with Crippen molar-refractivity contribution in [2.75, 3.05) is 20.2 Å². The summed E-state index contributed by atoms with van der Waals surface area (Å²) in [5.41, 5.74) is 0.389. The number of rotatable bonds is 4. The van der Waals surface area contributed by atoms with Crippen molar-refractivity contribution in [3.05, 3.63) is 23.9 Å². The second-order valence-corrected chi connectivity index (χ2v) is 5.72. The minimum Gasteiger partial charge on any atom is -0.481 e. The highest BCUT2D eigenvalue weighted by Gasteiger charge is 2.47. The summed E-state index contributed by atoms with van der Waals surface area (Å²) >= 11 is 0. The van der Waals surface area contributed by atoms with Crippen LogP contribution < -0.4 is 4.74 Å². The van der Waals surface area contributed by atoms with Gasteiger partial charge in [-0.3, -0.25) is 9.59 Å². The normalized spacial score (nSPS) is 24.9. The van der Waals surface area contributed by atoms with E-state index >= 15 is 0 Å². The standard InChI is InChI=1S/C15H18N2O4/c1-21-13-10(3-2-6-16-13)14(18)17-7-11(9-4-5-9)12(8-17)15(19)20/h2-3,6,9,11-12H,4-5,7-8H2,1H3,(H,19,20)/t11-,12+/m1/s1. The average molecular weight is 290 g/mol. The smallest absolute Gasteiger partial charge is 0.308 e. The van der Waals surface area contributed by atoms with Gasteiger partial charge < -0.3 is 14.7 Å². The molecule has 1 aliphatic heterocycles. The SMILES string of the molecule is COc1ncccc1C(=O)N1C[C@H](C(=O)O)[C@@H](C2CC2)C1. The van der Waals surface area contributed by atoms with Crippen LogP contribution in [-0.2, 0) is 4.79 Å². The Balaban J connectivity index is 1.81. The zero-order chi connectivity index (χ0) is 15.0. The Labute approximate surface area is 122 Å². The Morgan fingerprint density at radius 1 is 1.38 bits per heavy atom. The van der Waals surface area contributed by atoms with Crippen LogP contribution in [0, 0.1) is 17.8 Å². The molecule has 112 valence electrons. The molecule has 2 aliphatic rings. The Morgan fingerprint density at radius 2 is 2.14 bits per heavy atom. The molecule has 0 unspecified atom stereocenters. The summed E-state index contributed by atoms with van der Waals surface area (Å²) in [4.78, 5) is 29.6. The largest absolute Gasteiger partial charge is 0.481 e. The number of aliphatic carboxylic acids is 1. The van der Waals surface area contributed by atoms with Crippen LogP contribution in [0.2, 0.25) is 0 Å². The number of carboxylic acid groups (broad SMARTS) is 1. The van der Waals surface area contributed by atoms with Gasteiger partial charge in [0, 0.05) is 19.3 Å². The van der Waals surface area contributed by atoms with Gasteiger partial charge >= 0.3 is 5.97 Å². The monoisotopic (exact) mass is 290 g/mol. The maximum Gasteiger partial charge on any atom is 0.308 e. The predicted octanol–water partition coefficient (Wildman–Crippen LogP) is 1.27. The van der Waals surface area contributed by atoms with Crippen molar-refractivity contribution in [3.8, 4) is 5.88 Å². The maximum absolute atomic E-state index is 12.6. The van der Waals surface area contributed by atoms with Crippen LogP contribution in [0.1, 0.15) is 23.2 Å². The first-order chi connectivity index (χ1) is 10.1. The lowest BCUT2D eigenvalue weighted by molar-refractivity contribution is -0.142. The number of aromatic nitrogens is 1.